The van der Waals surface area contributed by atoms with E-state index in [1.807, 2.05) is 24.7 Å². The lowest BCUT2D eigenvalue weighted by atomic mass is 10.3. The van der Waals surface area contributed by atoms with Crippen molar-refractivity contribution in [1.82, 2.24) is 29.8 Å². The highest BCUT2D eigenvalue weighted by Gasteiger charge is 2.08. The fourth-order valence-electron chi connectivity index (χ4n) is 1.42. The second-order valence-electron chi connectivity index (χ2n) is 3.62. The van der Waals surface area contributed by atoms with Crippen LogP contribution in [0.1, 0.15) is 31.4 Å². The summed E-state index contributed by atoms with van der Waals surface area (Å²) in [6, 6.07) is -0.0993. The zero-order valence-electron chi connectivity index (χ0n) is 9.41. The first-order valence-electron chi connectivity index (χ1n) is 5.23. The fourth-order valence-corrected chi connectivity index (χ4v) is 1.42. The Kier molecular flexibility index (Phi) is 2.95. The van der Waals surface area contributed by atoms with Crippen LogP contribution in [0.25, 0.3) is 0 Å². The van der Waals surface area contributed by atoms with Crippen molar-refractivity contribution in [3.63, 3.8) is 0 Å². The van der Waals surface area contributed by atoms with Crippen molar-refractivity contribution < 1.29 is 0 Å². The van der Waals surface area contributed by atoms with Gasteiger partial charge in [-0.3, -0.25) is 0 Å². The van der Waals surface area contributed by atoms with Crippen LogP contribution >= 0.6 is 0 Å². The predicted molar refractivity (Wildman–Crippen MR) is 57.4 cm³/mol. The smallest absolute Gasteiger partial charge is 0.148 e. The number of aryl methyl sites for hydroxylation is 1. The first-order valence-corrected chi connectivity index (χ1v) is 5.23. The number of hydrogen-bond donors (Lipinski definition) is 1. The largest absolute Gasteiger partial charge is 0.323 e. The minimum atomic E-state index is -0.0993. The second kappa shape index (κ2) is 4.40. The normalized spacial score (nSPS) is 12.9. The van der Waals surface area contributed by atoms with E-state index in [4.69, 9.17) is 5.73 Å². The van der Waals surface area contributed by atoms with Crippen LogP contribution in [0.2, 0.25) is 0 Å². The van der Waals surface area contributed by atoms with Crippen LogP contribution < -0.4 is 5.73 Å². The molecule has 0 radical (unpaired) electrons. The van der Waals surface area contributed by atoms with Gasteiger partial charge in [0.2, 0.25) is 0 Å². The average Bonchev–Trinajstić information content (AvgIpc) is 2.87. The molecule has 16 heavy (non-hydrogen) atoms. The van der Waals surface area contributed by atoms with Crippen molar-refractivity contribution in [3.05, 3.63) is 24.0 Å². The molecule has 2 aromatic heterocycles. The lowest BCUT2D eigenvalue weighted by Crippen LogP contribution is -2.09. The Morgan fingerprint density at radius 2 is 2.31 bits per heavy atom. The van der Waals surface area contributed by atoms with Gasteiger partial charge in [-0.2, -0.15) is 5.10 Å². The summed E-state index contributed by atoms with van der Waals surface area (Å²) < 4.78 is 3.54. The molecule has 0 aliphatic heterocycles. The van der Waals surface area contributed by atoms with Crippen molar-refractivity contribution in [2.24, 2.45) is 5.73 Å². The Hall–Kier alpha value is -1.76. The number of aromatic nitrogens is 6. The monoisotopic (exact) mass is 221 g/mol. The molecule has 2 aromatic rings. The van der Waals surface area contributed by atoms with Gasteiger partial charge in [0.25, 0.3) is 0 Å². The first-order chi connectivity index (χ1) is 7.70. The van der Waals surface area contributed by atoms with Crippen LogP contribution in [-0.4, -0.2) is 29.8 Å². The highest BCUT2D eigenvalue weighted by Crippen LogP contribution is 2.05. The molecule has 1 unspecified atom stereocenters. The van der Waals surface area contributed by atoms with E-state index < -0.39 is 0 Å². The van der Waals surface area contributed by atoms with E-state index in [1.54, 1.807) is 11.0 Å². The predicted octanol–water partition coefficient (Wildman–Crippen LogP) is -0.0425. The standard InChI is InChI=1S/C9H15N7/c1-3-16-9(11-6-12-16)5-15-4-8(7(2)10)13-14-15/h4,6-7H,3,5,10H2,1-2H3. The van der Waals surface area contributed by atoms with Crippen molar-refractivity contribution >= 4 is 0 Å². The second-order valence-corrected chi connectivity index (χ2v) is 3.62. The van der Waals surface area contributed by atoms with E-state index in [1.165, 1.54) is 0 Å². The Bertz CT molecular complexity index is 456. The highest BCUT2D eigenvalue weighted by atomic mass is 15.4. The molecule has 7 nitrogen and oxygen atoms in total. The lowest BCUT2D eigenvalue weighted by Gasteiger charge is -2.02. The number of nitrogens with two attached hydrogens (primary N) is 1. The van der Waals surface area contributed by atoms with E-state index in [-0.39, 0.29) is 6.04 Å². The van der Waals surface area contributed by atoms with Crippen molar-refractivity contribution in [2.75, 3.05) is 0 Å². The number of nitrogens with zero attached hydrogens (tertiary/aromatic N) is 6. The summed E-state index contributed by atoms with van der Waals surface area (Å²) in [5, 5.41) is 12.1. The molecule has 0 saturated heterocycles. The third-order valence-electron chi connectivity index (χ3n) is 2.32. The third kappa shape index (κ3) is 2.08. The molecular formula is C9H15N7. The zero-order valence-corrected chi connectivity index (χ0v) is 9.41. The Morgan fingerprint density at radius 3 is 2.94 bits per heavy atom. The molecule has 86 valence electrons. The topological polar surface area (TPSA) is 87.4 Å². The minimum Gasteiger partial charge on any atom is -0.323 e. The van der Waals surface area contributed by atoms with Gasteiger partial charge in [-0.05, 0) is 13.8 Å². The molecule has 0 aliphatic rings. The molecule has 2 N–H and O–H groups in total. The third-order valence-corrected chi connectivity index (χ3v) is 2.32. The highest BCUT2D eigenvalue weighted by molar-refractivity contribution is 4.99. The molecule has 1 atom stereocenters. The first kappa shape index (κ1) is 10.7. The van der Waals surface area contributed by atoms with Gasteiger partial charge in [0.05, 0.1) is 11.9 Å². The summed E-state index contributed by atoms with van der Waals surface area (Å²) in [7, 11) is 0. The maximum absolute atomic E-state index is 5.71. The van der Waals surface area contributed by atoms with Crippen molar-refractivity contribution in [1.29, 1.82) is 0 Å². The molecule has 0 saturated carbocycles. The van der Waals surface area contributed by atoms with E-state index in [0.29, 0.717) is 6.54 Å². The molecule has 2 heterocycles. The molecule has 0 spiro atoms. The molecule has 0 aromatic carbocycles. The van der Waals surface area contributed by atoms with E-state index in [0.717, 1.165) is 18.1 Å². The lowest BCUT2D eigenvalue weighted by molar-refractivity contribution is 0.557. The van der Waals surface area contributed by atoms with Crippen molar-refractivity contribution in [2.45, 2.75) is 33.0 Å². The molecular weight excluding hydrogens is 206 g/mol. The summed E-state index contributed by atoms with van der Waals surface area (Å²) in [5.74, 6) is 0.864. The van der Waals surface area contributed by atoms with Gasteiger partial charge in [-0.15, -0.1) is 5.10 Å². The van der Waals surface area contributed by atoms with Crippen LogP contribution in [0, 0.1) is 0 Å². The summed E-state index contributed by atoms with van der Waals surface area (Å²) in [4.78, 5) is 4.17. The maximum Gasteiger partial charge on any atom is 0.148 e. The van der Waals surface area contributed by atoms with Gasteiger partial charge in [0.15, 0.2) is 0 Å². The van der Waals surface area contributed by atoms with Crippen LogP contribution in [0.4, 0.5) is 0 Å². The fraction of sp³-hybridized carbons (Fsp3) is 0.556. The van der Waals surface area contributed by atoms with E-state index >= 15 is 0 Å². The van der Waals surface area contributed by atoms with Gasteiger partial charge in [0, 0.05) is 12.6 Å². The minimum absolute atomic E-state index is 0.0993. The molecule has 7 heteroatoms. The molecule has 2 rings (SSSR count). The van der Waals surface area contributed by atoms with Crippen LogP contribution in [0.3, 0.4) is 0 Å². The van der Waals surface area contributed by atoms with Gasteiger partial charge >= 0.3 is 0 Å². The summed E-state index contributed by atoms with van der Waals surface area (Å²) >= 11 is 0. The summed E-state index contributed by atoms with van der Waals surface area (Å²) in [6.45, 7) is 5.26. The van der Waals surface area contributed by atoms with Gasteiger partial charge < -0.3 is 5.73 Å². The summed E-state index contributed by atoms with van der Waals surface area (Å²) in [6.07, 6.45) is 3.38. The molecule has 0 fully saturated rings. The van der Waals surface area contributed by atoms with Crippen LogP contribution in [-0.2, 0) is 13.1 Å². The Morgan fingerprint density at radius 1 is 1.50 bits per heavy atom. The van der Waals surface area contributed by atoms with Crippen LogP contribution in [0.15, 0.2) is 12.5 Å². The Labute approximate surface area is 93.3 Å². The van der Waals surface area contributed by atoms with E-state index in [9.17, 15) is 0 Å². The average molecular weight is 221 g/mol. The number of rotatable bonds is 4. The Balaban J connectivity index is 2.14. The summed E-state index contributed by atoms with van der Waals surface area (Å²) in [5.41, 5.74) is 6.49. The van der Waals surface area contributed by atoms with Gasteiger partial charge in [-0.1, -0.05) is 5.21 Å². The molecule has 0 amide bonds. The maximum atomic E-state index is 5.71. The quantitative estimate of drug-likeness (QED) is 0.782. The van der Waals surface area contributed by atoms with E-state index in [2.05, 4.69) is 20.4 Å². The van der Waals surface area contributed by atoms with Crippen LogP contribution in [0.5, 0.6) is 0 Å². The van der Waals surface area contributed by atoms with Gasteiger partial charge in [-0.25, -0.2) is 14.3 Å². The molecule has 0 aliphatic carbocycles. The van der Waals surface area contributed by atoms with Crippen molar-refractivity contribution in [3.8, 4) is 0 Å². The zero-order chi connectivity index (χ0) is 11.5. The number of hydrogen-bond acceptors (Lipinski definition) is 5. The SMILES string of the molecule is CCn1ncnc1Cn1cc(C(C)N)nn1. The van der Waals surface area contributed by atoms with Gasteiger partial charge in [0.1, 0.15) is 18.7 Å². The molecule has 0 bridgehead atoms.